The van der Waals surface area contributed by atoms with Crippen molar-refractivity contribution in [2.75, 3.05) is 31.5 Å². The van der Waals surface area contributed by atoms with Crippen LogP contribution in [0.5, 0.6) is 5.75 Å². The molecule has 1 heterocycles. The summed E-state index contributed by atoms with van der Waals surface area (Å²) in [5, 5.41) is 12.5. The van der Waals surface area contributed by atoms with Gasteiger partial charge in [-0.15, -0.1) is 0 Å². The fourth-order valence-electron chi connectivity index (χ4n) is 3.27. The third-order valence-corrected chi connectivity index (χ3v) is 5.50. The van der Waals surface area contributed by atoms with Gasteiger partial charge in [-0.2, -0.15) is 0 Å². The molecule has 9 heteroatoms. The summed E-state index contributed by atoms with van der Waals surface area (Å²) in [5.41, 5.74) is 2.92. The van der Waals surface area contributed by atoms with Gasteiger partial charge in [-0.25, -0.2) is 0 Å². The molecule has 152 valence electrons. The third kappa shape index (κ3) is 4.69. The molecule has 4 N–H and O–H groups in total. The lowest BCUT2D eigenvalue weighted by atomic mass is 10.3. The van der Waals surface area contributed by atoms with E-state index < -0.39 is 0 Å². The SMILES string of the molecule is CN(C)C1CC1Nc1ccc(OCNc2cccc(-n3c(=S)[nH][nH]c3=S)c2)cc1. The predicted octanol–water partition coefficient (Wildman–Crippen LogP) is 4.16. The van der Waals surface area contributed by atoms with Gasteiger partial charge in [0.25, 0.3) is 0 Å². The van der Waals surface area contributed by atoms with Crippen molar-refractivity contribution in [2.45, 2.75) is 18.5 Å². The van der Waals surface area contributed by atoms with Crippen molar-refractivity contribution in [3.05, 3.63) is 58.1 Å². The van der Waals surface area contributed by atoms with Gasteiger partial charge in [0, 0.05) is 23.5 Å². The van der Waals surface area contributed by atoms with E-state index >= 15 is 0 Å². The Kier molecular flexibility index (Phi) is 5.70. The van der Waals surface area contributed by atoms with Crippen LogP contribution in [0.15, 0.2) is 48.5 Å². The molecule has 0 aliphatic heterocycles. The molecular formula is C20H24N6OS2. The summed E-state index contributed by atoms with van der Waals surface area (Å²) in [5.74, 6) is 0.814. The molecule has 1 aromatic heterocycles. The van der Waals surface area contributed by atoms with E-state index in [2.05, 4.69) is 52.0 Å². The molecule has 2 aromatic carbocycles. The number of hydrogen-bond donors (Lipinski definition) is 4. The van der Waals surface area contributed by atoms with Crippen LogP contribution in [-0.2, 0) is 0 Å². The Labute approximate surface area is 179 Å². The molecule has 0 spiro atoms. The second kappa shape index (κ2) is 8.40. The zero-order valence-corrected chi connectivity index (χ0v) is 17.9. The highest BCUT2D eigenvalue weighted by atomic mass is 32.1. The highest BCUT2D eigenvalue weighted by molar-refractivity contribution is 7.72. The molecule has 1 aliphatic rings. The van der Waals surface area contributed by atoms with Crippen molar-refractivity contribution >= 4 is 35.8 Å². The molecule has 7 nitrogen and oxygen atoms in total. The minimum Gasteiger partial charge on any atom is -0.473 e. The van der Waals surface area contributed by atoms with Gasteiger partial charge in [-0.3, -0.25) is 14.8 Å². The topological polar surface area (TPSA) is 73.0 Å². The third-order valence-electron chi connectivity index (χ3n) is 4.93. The van der Waals surface area contributed by atoms with E-state index in [1.165, 1.54) is 6.42 Å². The Bertz CT molecular complexity index is 1060. The Morgan fingerprint density at radius 2 is 1.79 bits per heavy atom. The van der Waals surface area contributed by atoms with E-state index in [1.807, 2.05) is 36.4 Å². The van der Waals surface area contributed by atoms with E-state index in [0.29, 0.717) is 28.4 Å². The monoisotopic (exact) mass is 428 g/mol. The van der Waals surface area contributed by atoms with Gasteiger partial charge < -0.3 is 20.3 Å². The summed E-state index contributed by atoms with van der Waals surface area (Å²) in [6.45, 7) is 0.354. The van der Waals surface area contributed by atoms with Crippen LogP contribution in [0, 0.1) is 9.54 Å². The van der Waals surface area contributed by atoms with Crippen LogP contribution < -0.4 is 15.4 Å². The van der Waals surface area contributed by atoms with Crippen LogP contribution in [-0.4, -0.2) is 52.6 Å². The maximum atomic E-state index is 5.82. The molecule has 0 radical (unpaired) electrons. The highest BCUT2D eigenvalue weighted by Gasteiger charge is 2.38. The zero-order chi connectivity index (χ0) is 20.4. The van der Waals surface area contributed by atoms with Crippen molar-refractivity contribution < 1.29 is 4.74 Å². The Morgan fingerprint density at radius 1 is 1.07 bits per heavy atom. The summed E-state index contributed by atoms with van der Waals surface area (Å²) in [6, 6.07) is 17.1. The van der Waals surface area contributed by atoms with Gasteiger partial charge in [-0.05, 0) is 87.4 Å². The van der Waals surface area contributed by atoms with Crippen molar-refractivity contribution in [1.82, 2.24) is 19.7 Å². The van der Waals surface area contributed by atoms with Crippen molar-refractivity contribution in [2.24, 2.45) is 0 Å². The van der Waals surface area contributed by atoms with Crippen LogP contribution in [0.3, 0.4) is 0 Å². The lowest BCUT2D eigenvalue weighted by Gasteiger charge is -2.12. The summed E-state index contributed by atoms with van der Waals surface area (Å²) in [7, 11) is 4.24. The lowest BCUT2D eigenvalue weighted by Crippen LogP contribution is -2.21. The number of likely N-dealkylation sites (N-methyl/N-ethyl adjacent to an activating group) is 1. The van der Waals surface area contributed by atoms with Crippen molar-refractivity contribution in [3.8, 4) is 11.4 Å². The van der Waals surface area contributed by atoms with Crippen LogP contribution in [0.25, 0.3) is 5.69 Å². The van der Waals surface area contributed by atoms with Crippen LogP contribution in [0.4, 0.5) is 11.4 Å². The molecular weight excluding hydrogens is 404 g/mol. The number of aromatic amines is 2. The van der Waals surface area contributed by atoms with Gasteiger partial charge in [0.15, 0.2) is 16.3 Å². The zero-order valence-electron chi connectivity index (χ0n) is 16.3. The molecule has 1 fully saturated rings. The smallest absolute Gasteiger partial charge is 0.198 e. The molecule has 0 amide bonds. The van der Waals surface area contributed by atoms with Crippen molar-refractivity contribution in [1.29, 1.82) is 0 Å². The molecule has 3 aromatic rings. The minimum absolute atomic E-state index is 0.354. The summed E-state index contributed by atoms with van der Waals surface area (Å²) < 4.78 is 8.64. The fourth-order valence-corrected chi connectivity index (χ4v) is 3.83. The number of nitrogens with one attached hydrogen (secondary N) is 4. The first-order chi connectivity index (χ1) is 14.0. The Morgan fingerprint density at radius 3 is 2.45 bits per heavy atom. The Hall–Kier alpha value is -2.62. The largest absolute Gasteiger partial charge is 0.473 e. The van der Waals surface area contributed by atoms with Crippen molar-refractivity contribution in [3.63, 3.8) is 0 Å². The van der Waals surface area contributed by atoms with Gasteiger partial charge in [0.1, 0.15) is 5.75 Å². The number of rotatable bonds is 8. The average Bonchev–Trinajstić information content (AvgIpc) is 3.40. The number of anilines is 2. The minimum atomic E-state index is 0.354. The molecule has 2 atom stereocenters. The van der Waals surface area contributed by atoms with E-state index in [0.717, 1.165) is 22.8 Å². The molecule has 4 rings (SSSR count). The summed E-state index contributed by atoms with van der Waals surface area (Å²) in [6.07, 6.45) is 1.19. The standard InChI is InChI=1S/C20H24N6OS2/c1-25(2)18-11-17(18)22-13-6-8-16(9-7-13)27-12-21-14-4-3-5-15(10-14)26-19(28)23-24-20(26)29/h3-10,17-18,21-22H,11-12H2,1-2H3,(H,23,28)(H,24,29). The maximum absolute atomic E-state index is 5.82. The quantitative estimate of drug-likeness (QED) is 0.319. The first kappa shape index (κ1) is 19.7. The second-order valence-electron chi connectivity index (χ2n) is 7.25. The summed E-state index contributed by atoms with van der Waals surface area (Å²) >= 11 is 10.5. The number of aromatic nitrogens is 3. The first-order valence-electron chi connectivity index (χ1n) is 9.41. The maximum Gasteiger partial charge on any atom is 0.198 e. The van der Waals surface area contributed by atoms with E-state index in [4.69, 9.17) is 29.2 Å². The van der Waals surface area contributed by atoms with E-state index in [-0.39, 0.29) is 0 Å². The van der Waals surface area contributed by atoms with Gasteiger partial charge >= 0.3 is 0 Å². The second-order valence-corrected chi connectivity index (χ2v) is 8.03. The molecule has 29 heavy (non-hydrogen) atoms. The normalized spacial score (nSPS) is 17.9. The molecule has 1 saturated carbocycles. The highest BCUT2D eigenvalue weighted by Crippen LogP contribution is 2.30. The molecule has 2 unspecified atom stereocenters. The molecule has 0 bridgehead atoms. The van der Waals surface area contributed by atoms with E-state index in [1.54, 1.807) is 4.57 Å². The Balaban J connectivity index is 1.31. The van der Waals surface area contributed by atoms with Gasteiger partial charge in [0.2, 0.25) is 0 Å². The molecule has 0 saturated heterocycles. The molecule has 1 aliphatic carbocycles. The van der Waals surface area contributed by atoms with Crippen LogP contribution in [0.2, 0.25) is 0 Å². The van der Waals surface area contributed by atoms with E-state index in [9.17, 15) is 0 Å². The summed E-state index contributed by atoms with van der Waals surface area (Å²) in [4.78, 5) is 2.26. The van der Waals surface area contributed by atoms with Gasteiger partial charge in [-0.1, -0.05) is 6.07 Å². The number of nitrogens with zero attached hydrogens (tertiary/aromatic N) is 2. The van der Waals surface area contributed by atoms with Gasteiger partial charge in [0.05, 0.1) is 5.69 Å². The van der Waals surface area contributed by atoms with Crippen LogP contribution in [0.1, 0.15) is 6.42 Å². The number of H-pyrrole nitrogens is 2. The van der Waals surface area contributed by atoms with Crippen LogP contribution >= 0.6 is 24.4 Å². The number of benzene rings is 2. The number of ether oxygens (including phenoxy) is 1. The number of hydrogen-bond acceptors (Lipinski definition) is 6. The predicted molar refractivity (Wildman–Crippen MR) is 121 cm³/mol. The fraction of sp³-hybridized carbons (Fsp3) is 0.300. The average molecular weight is 429 g/mol. The first-order valence-corrected chi connectivity index (χ1v) is 10.2. The lowest BCUT2D eigenvalue weighted by molar-refractivity contribution is 0.347.